The van der Waals surface area contributed by atoms with Crippen molar-refractivity contribution < 1.29 is 14.5 Å². The fourth-order valence-electron chi connectivity index (χ4n) is 3.17. The van der Waals surface area contributed by atoms with Gasteiger partial charge in [-0.2, -0.15) is 0 Å². The second-order valence-corrected chi connectivity index (χ2v) is 7.08. The van der Waals surface area contributed by atoms with Crippen molar-refractivity contribution in [3.8, 4) is 0 Å². The van der Waals surface area contributed by atoms with Crippen molar-refractivity contribution in [2.24, 2.45) is 0 Å². The minimum atomic E-state index is -0.160. The second-order valence-electron chi connectivity index (χ2n) is 6.67. The zero-order valence-corrected chi connectivity index (χ0v) is 15.6. The molecule has 1 atom stereocenters. The molecular weight excluding hydrogens is 350 g/mol. The molecular formula is C20H23ClN3O2+. The van der Waals surface area contributed by atoms with Gasteiger partial charge in [0.2, 0.25) is 0 Å². The molecule has 0 aromatic heterocycles. The van der Waals surface area contributed by atoms with Crippen LogP contribution in [0, 0.1) is 0 Å². The van der Waals surface area contributed by atoms with Gasteiger partial charge in [-0.3, -0.25) is 9.59 Å². The van der Waals surface area contributed by atoms with Crippen molar-refractivity contribution >= 4 is 29.1 Å². The van der Waals surface area contributed by atoms with E-state index in [-0.39, 0.29) is 24.9 Å². The molecule has 0 spiro atoms. The van der Waals surface area contributed by atoms with Crippen LogP contribution in [0.4, 0.5) is 5.69 Å². The lowest BCUT2D eigenvalue weighted by atomic mass is 10.00. The highest BCUT2D eigenvalue weighted by Gasteiger charge is 2.23. The van der Waals surface area contributed by atoms with E-state index >= 15 is 0 Å². The number of anilines is 1. The summed E-state index contributed by atoms with van der Waals surface area (Å²) in [5, 5.41) is 3.29. The Morgan fingerprint density at radius 3 is 2.54 bits per heavy atom. The van der Waals surface area contributed by atoms with Crippen molar-refractivity contribution in [2.45, 2.75) is 13.0 Å². The van der Waals surface area contributed by atoms with Gasteiger partial charge in [-0.25, -0.2) is 0 Å². The number of carbonyl (C=O) groups excluding carboxylic acids is 2. The van der Waals surface area contributed by atoms with Crippen molar-refractivity contribution in [3.05, 3.63) is 64.7 Å². The van der Waals surface area contributed by atoms with Crippen LogP contribution in [-0.2, 0) is 22.6 Å². The molecule has 2 aromatic rings. The molecule has 0 saturated heterocycles. The topological polar surface area (TPSA) is 53.9 Å². The van der Waals surface area contributed by atoms with Gasteiger partial charge in [0.1, 0.15) is 0 Å². The third-order valence-electron chi connectivity index (χ3n) is 4.55. The molecule has 1 unspecified atom stereocenters. The summed E-state index contributed by atoms with van der Waals surface area (Å²) in [6.45, 7) is 1.88. The van der Waals surface area contributed by atoms with Crippen LogP contribution in [0.15, 0.2) is 48.5 Å². The van der Waals surface area contributed by atoms with Crippen LogP contribution in [0.2, 0.25) is 5.02 Å². The maximum Gasteiger partial charge on any atom is 0.279 e. The number of benzene rings is 2. The predicted molar refractivity (Wildman–Crippen MR) is 102 cm³/mol. The molecule has 1 heterocycles. The van der Waals surface area contributed by atoms with Crippen molar-refractivity contribution in [2.75, 3.05) is 32.0 Å². The third kappa shape index (κ3) is 4.62. The highest BCUT2D eigenvalue weighted by atomic mass is 35.5. The van der Waals surface area contributed by atoms with E-state index in [4.69, 9.17) is 11.6 Å². The number of likely N-dealkylation sites (N-methyl/N-ethyl adjacent to an activating group) is 1. The number of para-hydroxylation sites is 1. The first-order valence-electron chi connectivity index (χ1n) is 8.73. The maximum atomic E-state index is 12.6. The molecule has 1 aliphatic heterocycles. The summed E-state index contributed by atoms with van der Waals surface area (Å²) in [5.41, 5.74) is 3.11. The molecule has 0 aliphatic carbocycles. The van der Waals surface area contributed by atoms with Crippen LogP contribution in [-0.4, -0.2) is 43.4 Å². The summed E-state index contributed by atoms with van der Waals surface area (Å²) in [6, 6.07) is 15.3. The SMILES string of the molecule is C[NH+](CC(=O)Nc1ccccc1Cl)CC(=O)N1CCc2ccccc2C1. The highest BCUT2D eigenvalue weighted by molar-refractivity contribution is 6.33. The average Bonchev–Trinajstić information content (AvgIpc) is 2.63. The van der Waals surface area contributed by atoms with Crippen LogP contribution >= 0.6 is 11.6 Å². The Morgan fingerprint density at radius 2 is 1.77 bits per heavy atom. The predicted octanol–water partition coefficient (Wildman–Crippen LogP) is 1.38. The lowest BCUT2D eigenvalue weighted by molar-refractivity contribution is -0.862. The van der Waals surface area contributed by atoms with E-state index in [1.54, 1.807) is 12.1 Å². The summed E-state index contributed by atoms with van der Waals surface area (Å²) in [5.74, 6) is -0.0880. The number of carbonyl (C=O) groups is 2. The van der Waals surface area contributed by atoms with Crippen LogP contribution < -0.4 is 10.2 Å². The van der Waals surface area contributed by atoms with Crippen molar-refractivity contribution in [1.29, 1.82) is 0 Å². The maximum absolute atomic E-state index is 12.6. The molecule has 6 heteroatoms. The smallest absolute Gasteiger partial charge is 0.279 e. The van der Waals surface area contributed by atoms with E-state index in [2.05, 4.69) is 17.4 Å². The number of fused-ring (bicyclic) bond motifs is 1. The summed E-state index contributed by atoms with van der Waals surface area (Å²) in [7, 11) is 1.85. The molecule has 0 fully saturated rings. The number of amides is 2. The standard InChI is InChI=1S/C20H22ClN3O2/c1-23(13-19(25)22-18-9-5-4-8-17(18)21)14-20(26)24-11-10-15-6-2-3-7-16(15)12-24/h2-9H,10-14H2,1H3,(H,22,25)/p+1. The Morgan fingerprint density at radius 1 is 1.08 bits per heavy atom. The van der Waals surface area contributed by atoms with Gasteiger partial charge < -0.3 is 15.1 Å². The number of hydrogen-bond acceptors (Lipinski definition) is 2. The lowest BCUT2D eigenvalue weighted by Crippen LogP contribution is -3.11. The first-order valence-corrected chi connectivity index (χ1v) is 9.11. The first kappa shape index (κ1) is 18.4. The van der Waals surface area contributed by atoms with Gasteiger partial charge in [0.05, 0.1) is 17.8 Å². The summed E-state index contributed by atoms with van der Waals surface area (Å²) in [4.78, 5) is 27.5. The van der Waals surface area contributed by atoms with Crippen LogP contribution in [0.25, 0.3) is 0 Å². The Labute approximate surface area is 158 Å². The van der Waals surface area contributed by atoms with E-state index in [1.165, 1.54) is 11.1 Å². The Hall–Kier alpha value is -2.37. The molecule has 136 valence electrons. The molecule has 3 rings (SSSR count). The highest BCUT2D eigenvalue weighted by Crippen LogP contribution is 2.20. The number of halogens is 1. The summed E-state index contributed by atoms with van der Waals surface area (Å²) < 4.78 is 0. The first-order chi connectivity index (χ1) is 12.5. The molecule has 1 aliphatic rings. The van der Waals surface area contributed by atoms with Crippen LogP contribution in [0.1, 0.15) is 11.1 Å². The van der Waals surface area contributed by atoms with E-state index in [0.29, 0.717) is 17.3 Å². The molecule has 5 nitrogen and oxygen atoms in total. The van der Waals surface area contributed by atoms with Crippen LogP contribution in [0.3, 0.4) is 0 Å². The van der Waals surface area contributed by atoms with Gasteiger partial charge in [-0.1, -0.05) is 48.0 Å². The lowest BCUT2D eigenvalue weighted by Gasteiger charge is -2.29. The zero-order valence-electron chi connectivity index (χ0n) is 14.8. The number of nitrogens with one attached hydrogen (secondary N) is 2. The van der Waals surface area contributed by atoms with Gasteiger partial charge >= 0.3 is 0 Å². The molecule has 2 N–H and O–H groups in total. The molecule has 2 amide bonds. The summed E-state index contributed by atoms with van der Waals surface area (Å²) in [6.07, 6.45) is 0.883. The van der Waals surface area contributed by atoms with Gasteiger partial charge in [-0.15, -0.1) is 0 Å². The second kappa shape index (κ2) is 8.34. The van der Waals surface area contributed by atoms with Gasteiger partial charge in [0.15, 0.2) is 13.1 Å². The quantitative estimate of drug-likeness (QED) is 0.833. The van der Waals surface area contributed by atoms with Crippen molar-refractivity contribution in [1.82, 2.24) is 4.90 Å². The molecule has 2 aromatic carbocycles. The molecule has 26 heavy (non-hydrogen) atoms. The molecule has 0 bridgehead atoms. The Bertz CT molecular complexity index is 809. The fourth-order valence-corrected chi connectivity index (χ4v) is 3.36. The molecule has 0 saturated carbocycles. The van der Waals surface area contributed by atoms with E-state index in [1.807, 2.05) is 36.2 Å². The largest absolute Gasteiger partial charge is 0.333 e. The average molecular weight is 373 g/mol. The molecule has 0 radical (unpaired) electrons. The van der Waals surface area contributed by atoms with E-state index in [0.717, 1.165) is 17.9 Å². The normalized spacial score (nSPS) is 14.5. The number of hydrogen-bond donors (Lipinski definition) is 2. The number of quaternary nitrogens is 1. The van der Waals surface area contributed by atoms with Gasteiger partial charge in [-0.05, 0) is 29.7 Å². The number of rotatable bonds is 5. The monoisotopic (exact) mass is 372 g/mol. The zero-order chi connectivity index (χ0) is 18.5. The van der Waals surface area contributed by atoms with Gasteiger partial charge in [0.25, 0.3) is 11.8 Å². The minimum Gasteiger partial charge on any atom is -0.333 e. The Kier molecular flexibility index (Phi) is 5.91. The fraction of sp³-hybridized carbons (Fsp3) is 0.300. The van der Waals surface area contributed by atoms with E-state index < -0.39 is 0 Å². The van der Waals surface area contributed by atoms with Gasteiger partial charge in [0, 0.05) is 13.1 Å². The number of nitrogens with zero attached hydrogens (tertiary/aromatic N) is 1. The summed E-state index contributed by atoms with van der Waals surface area (Å²) >= 11 is 6.05. The van der Waals surface area contributed by atoms with Crippen LogP contribution in [0.5, 0.6) is 0 Å². The minimum absolute atomic E-state index is 0.0718. The van der Waals surface area contributed by atoms with Crippen molar-refractivity contribution in [3.63, 3.8) is 0 Å². The van der Waals surface area contributed by atoms with E-state index in [9.17, 15) is 9.59 Å². The Balaban J connectivity index is 1.50. The third-order valence-corrected chi connectivity index (χ3v) is 4.88.